The smallest absolute Gasteiger partial charge is 0.251 e. The molecule has 0 bridgehead atoms. The highest BCUT2D eigenvalue weighted by Gasteiger charge is 2.44. The number of nitrogens with zero attached hydrogens (tertiary/aromatic N) is 1. The molecule has 7 nitrogen and oxygen atoms in total. The highest BCUT2D eigenvalue weighted by Crippen LogP contribution is 2.44. The summed E-state index contributed by atoms with van der Waals surface area (Å²) in [7, 11) is 0. The van der Waals surface area contributed by atoms with E-state index in [0.29, 0.717) is 12.0 Å². The van der Waals surface area contributed by atoms with E-state index in [0.717, 1.165) is 48.1 Å². The Morgan fingerprint density at radius 1 is 1.16 bits per heavy atom. The number of hydrogen-bond acceptors (Lipinski definition) is 4. The topological polar surface area (TPSA) is 94.5 Å². The molecule has 3 N–H and O–H groups in total. The molecule has 2 aliphatic heterocycles. The van der Waals surface area contributed by atoms with Crippen molar-refractivity contribution in [2.45, 2.75) is 89.9 Å². The lowest BCUT2D eigenvalue weighted by atomic mass is 9.79. The molecule has 0 radical (unpaired) electrons. The molecule has 0 spiro atoms. The zero-order valence-electron chi connectivity index (χ0n) is 22.5. The number of rotatable bonds is 5. The van der Waals surface area contributed by atoms with Gasteiger partial charge in [-0.05, 0) is 68.9 Å². The molecule has 2 aromatic carbocycles. The van der Waals surface area contributed by atoms with Gasteiger partial charge in [0.15, 0.2) is 5.96 Å². The first-order valence-electron chi connectivity index (χ1n) is 13.5. The van der Waals surface area contributed by atoms with Gasteiger partial charge in [-0.2, -0.15) is 0 Å². The number of para-hydroxylation sites is 1. The van der Waals surface area contributed by atoms with E-state index >= 15 is 0 Å². The van der Waals surface area contributed by atoms with Crippen LogP contribution in [0, 0.1) is 11.3 Å². The normalized spacial score (nSPS) is 25.5. The molecule has 0 aromatic heterocycles. The number of carbonyl (C=O) groups is 2. The molecule has 196 valence electrons. The number of carbonyl (C=O) groups excluding carboxylic acids is 2. The minimum atomic E-state index is -0.427. The maximum Gasteiger partial charge on any atom is 0.251 e. The summed E-state index contributed by atoms with van der Waals surface area (Å²) in [6, 6.07) is 13.3. The molecule has 2 aromatic rings. The van der Waals surface area contributed by atoms with Gasteiger partial charge in [-0.25, -0.2) is 0 Å². The van der Waals surface area contributed by atoms with Crippen LogP contribution in [-0.2, 0) is 11.2 Å². The van der Waals surface area contributed by atoms with Gasteiger partial charge in [0.1, 0.15) is 11.4 Å². The van der Waals surface area contributed by atoms with Crippen molar-refractivity contribution in [1.82, 2.24) is 15.5 Å². The number of nitrogens with one attached hydrogen (secondary N) is 3. The minimum Gasteiger partial charge on any atom is -0.487 e. The molecule has 1 fully saturated rings. The van der Waals surface area contributed by atoms with E-state index in [1.165, 1.54) is 0 Å². The van der Waals surface area contributed by atoms with Crippen LogP contribution in [0.5, 0.6) is 5.75 Å². The number of amides is 2. The van der Waals surface area contributed by atoms with Gasteiger partial charge >= 0.3 is 0 Å². The Bertz CT molecular complexity index is 1230. The maximum atomic E-state index is 13.6. The third-order valence-electron chi connectivity index (χ3n) is 9.01. The SMILES string of the molecule is CCC1(CC)CC(=O)N([C@@H]2CCc3ccc(C(=O)N[C@@H]4c5ccccc5OC(C)(C)[C@H]4C)cc32)C(=N)N1. The van der Waals surface area contributed by atoms with Gasteiger partial charge in [-0.15, -0.1) is 0 Å². The van der Waals surface area contributed by atoms with Crippen LogP contribution >= 0.6 is 0 Å². The van der Waals surface area contributed by atoms with Crippen molar-refractivity contribution in [2.24, 2.45) is 5.92 Å². The number of hydrogen-bond donors (Lipinski definition) is 3. The van der Waals surface area contributed by atoms with Crippen molar-refractivity contribution < 1.29 is 14.3 Å². The van der Waals surface area contributed by atoms with E-state index in [2.05, 4.69) is 45.3 Å². The number of guanidine groups is 1. The number of fused-ring (bicyclic) bond motifs is 2. The Kier molecular flexibility index (Phi) is 6.29. The summed E-state index contributed by atoms with van der Waals surface area (Å²) < 4.78 is 6.23. The highest BCUT2D eigenvalue weighted by atomic mass is 16.5. The summed E-state index contributed by atoms with van der Waals surface area (Å²) in [5.74, 6) is 0.864. The number of benzene rings is 2. The average molecular weight is 503 g/mol. The fourth-order valence-corrected chi connectivity index (χ4v) is 6.16. The Labute approximate surface area is 219 Å². The van der Waals surface area contributed by atoms with Crippen molar-refractivity contribution in [3.8, 4) is 5.75 Å². The largest absolute Gasteiger partial charge is 0.487 e. The molecule has 0 saturated carbocycles. The average Bonchev–Trinajstić information content (AvgIpc) is 3.28. The lowest BCUT2D eigenvalue weighted by Gasteiger charge is -2.44. The quantitative estimate of drug-likeness (QED) is 0.519. The van der Waals surface area contributed by atoms with Crippen molar-refractivity contribution in [1.29, 1.82) is 5.41 Å². The van der Waals surface area contributed by atoms with Gasteiger partial charge in [0.05, 0.1) is 18.5 Å². The van der Waals surface area contributed by atoms with Crippen molar-refractivity contribution in [3.05, 3.63) is 64.7 Å². The second-order valence-corrected chi connectivity index (χ2v) is 11.4. The van der Waals surface area contributed by atoms with Crippen molar-refractivity contribution >= 4 is 17.8 Å². The molecule has 37 heavy (non-hydrogen) atoms. The molecule has 2 heterocycles. The predicted octanol–water partition coefficient (Wildman–Crippen LogP) is 5.27. The van der Waals surface area contributed by atoms with E-state index in [4.69, 9.17) is 10.1 Å². The van der Waals surface area contributed by atoms with Crippen LogP contribution < -0.4 is 15.4 Å². The molecule has 0 unspecified atom stereocenters. The third kappa shape index (κ3) is 4.28. The van der Waals surface area contributed by atoms with Gasteiger partial charge in [0, 0.05) is 22.6 Å². The van der Waals surface area contributed by atoms with Crippen LogP contribution in [0.1, 0.15) is 99.4 Å². The van der Waals surface area contributed by atoms with E-state index < -0.39 is 5.60 Å². The summed E-state index contributed by atoms with van der Waals surface area (Å²) in [6.45, 7) is 10.3. The van der Waals surface area contributed by atoms with Gasteiger partial charge in [-0.1, -0.05) is 45.0 Å². The van der Waals surface area contributed by atoms with Crippen LogP contribution in [-0.4, -0.2) is 33.8 Å². The molecule has 2 amide bonds. The van der Waals surface area contributed by atoms with Gasteiger partial charge < -0.3 is 15.4 Å². The molecular weight excluding hydrogens is 464 g/mol. The fraction of sp³-hybridized carbons (Fsp3) is 0.500. The summed E-state index contributed by atoms with van der Waals surface area (Å²) in [4.78, 5) is 28.5. The summed E-state index contributed by atoms with van der Waals surface area (Å²) in [5, 5.41) is 15.3. The standard InChI is InChI=1S/C30H38N4O3/c1-6-30(7-2)17-25(35)34(28(31)33-30)23-15-14-19-12-13-20(16-22(19)23)27(36)32-26-18(3)29(4,5)37-24-11-9-8-10-21(24)26/h8-13,16,18,23,26H,6-7,14-15,17H2,1-5H3,(H2,31,33)(H,32,36)/t18-,23+,26-/m0/s1. The first-order chi connectivity index (χ1) is 17.6. The Morgan fingerprint density at radius 3 is 2.59 bits per heavy atom. The summed E-state index contributed by atoms with van der Waals surface area (Å²) in [5.41, 5.74) is 2.88. The first kappa shape index (κ1) is 25.3. The molecule has 5 rings (SSSR count). The molecule has 3 aliphatic rings. The number of aryl methyl sites for hydroxylation is 1. The second-order valence-electron chi connectivity index (χ2n) is 11.4. The lowest BCUT2D eigenvalue weighted by molar-refractivity contribution is -0.132. The van der Waals surface area contributed by atoms with E-state index in [1.807, 2.05) is 42.5 Å². The molecular formula is C30H38N4O3. The summed E-state index contributed by atoms with van der Waals surface area (Å²) in [6.07, 6.45) is 3.54. The van der Waals surface area contributed by atoms with Gasteiger partial charge in [0.2, 0.25) is 5.91 Å². The van der Waals surface area contributed by atoms with Gasteiger partial charge in [-0.3, -0.25) is 19.9 Å². The fourth-order valence-electron chi connectivity index (χ4n) is 6.16. The molecule has 1 saturated heterocycles. The first-order valence-corrected chi connectivity index (χ1v) is 13.5. The minimum absolute atomic E-state index is 0.0185. The molecule has 3 atom stereocenters. The third-order valence-corrected chi connectivity index (χ3v) is 9.01. The zero-order valence-corrected chi connectivity index (χ0v) is 22.5. The van der Waals surface area contributed by atoms with Crippen molar-refractivity contribution in [2.75, 3.05) is 0 Å². The lowest BCUT2D eigenvalue weighted by Crippen LogP contribution is -2.62. The molecule has 7 heteroatoms. The Balaban J connectivity index is 1.40. The highest BCUT2D eigenvalue weighted by molar-refractivity contribution is 6.00. The van der Waals surface area contributed by atoms with Crippen molar-refractivity contribution in [3.63, 3.8) is 0 Å². The monoisotopic (exact) mass is 502 g/mol. The van der Waals surface area contributed by atoms with Crippen LogP contribution in [0.2, 0.25) is 0 Å². The summed E-state index contributed by atoms with van der Waals surface area (Å²) >= 11 is 0. The Hall–Kier alpha value is -3.35. The zero-order chi connectivity index (χ0) is 26.5. The number of ether oxygens (including phenoxy) is 1. The second kappa shape index (κ2) is 9.19. The predicted molar refractivity (Wildman–Crippen MR) is 144 cm³/mol. The van der Waals surface area contributed by atoms with Crippen LogP contribution in [0.25, 0.3) is 0 Å². The van der Waals surface area contributed by atoms with Crippen LogP contribution in [0.4, 0.5) is 0 Å². The van der Waals surface area contributed by atoms with Crippen LogP contribution in [0.15, 0.2) is 42.5 Å². The Morgan fingerprint density at radius 2 is 1.89 bits per heavy atom. The van der Waals surface area contributed by atoms with E-state index in [9.17, 15) is 9.59 Å². The van der Waals surface area contributed by atoms with E-state index in [1.54, 1.807) is 4.90 Å². The van der Waals surface area contributed by atoms with Crippen LogP contribution in [0.3, 0.4) is 0 Å². The molecule has 1 aliphatic carbocycles. The van der Waals surface area contributed by atoms with Gasteiger partial charge in [0.25, 0.3) is 5.91 Å². The maximum absolute atomic E-state index is 13.6. The van der Waals surface area contributed by atoms with E-state index in [-0.39, 0.29) is 41.3 Å².